The highest BCUT2D eigenvalue weighted by Crippen LogP contribution is 2.29. The summed E-state index contributed by atoms with van der Waals surface area (Å²) in [5.74, 6) is -0.437. The average Bonchev–Trinajstić information content (AvgIpc) is 2.73. The van der Waals surface area contributed by atoms with Crippen molar-refractivity contribution in [1.29, 1.82) is 0 Å². The van der Waals surface area contributed by atoms with Crippen molar-refractivity contribution >= 4 is 33.2 Å². The van der Waals surface area contributed by atoms with Gasteiger partial charge in [0.1, 0.15) is 6.54 Å². The van der Waals surface area contributed by atoms with Crippen molar-refractivity contribution in [3.8, 4) is 0 Å². The van der Waals surface area contributed by atoms with Crippen LogP contribution < -0.4 is 9.62 Å². The van der Waals surface area contributed by atoms with Gasteiger partial charge in [-0.25, -0.2) is 8.42 Å². The van der Waals surface area contributed by atoms with E-state index in [1.165, 1.54) is 12.1 Å². The molecule has 0 fully saturated rings. The van der Waals surface area contributed by atoms with Crippen LogP contribution in [0, 0.1) is 6.92 Å². The Morgan fingerprint density at radius 3 is 2.55 bits per heavy atom. The summed E-state index contributed by atoms with van der Waals surface area (Å²) in [6.07, 6.45) is 3.28. The van der Waals surface area contributed by atoms with Crippen molar-refractivity contribution in [2.75, 3.05) is 10.8 Å². The summed E-state index contributed by atoms with van der Waals surface area (Å²) in [5, 5.41) is 3.12. The molecule has 1 amide bonds. The lowest BCUT2D eigenvalue weighted by molar-refractivity contribution is -0.119. The molecule has 1 heterocycles. The van der Waals surface area contributed by atoms with Crippen LogP contribution in [0.15, 0.2) is 78.0 Å². The second kappa shape index (κ2) is 9.07. The fourth-order valence-corrected chi connectivity index (χ4v) is 4.42. The zero-order chi connectivity index (χ0) is 20.9. The molecular weight excluding hydrogens is 410 g/mol. The molecule has 0 aliphatic heterocycles. The fraction of sp³-hybridized carbons (Fsp3) is 0.143. The number of carbonyl (C=O) groups is 1. The van der Waals surface area contributed by atoms with Crippen LogP contribution in [0.1, 0.15) is 11.1 Å². The number of aryl methyl sites for hydroxylation is 1. The van der Waals surface area contributed by atoms with Gasteiger partial charge in [-0.15, -0.1) is 0 Å². The first kappa shape index (κ1) is 20.8. The predicted molar refractivity (Wildman–Crippen MR) is 113 cm³/mol. The van der Waals surface area contributed by atoms with Gasteiger partial charge in [0.25, 0.3) is 10.0 Å². The number of halogens is 1. The van der Waals surface area contributed by atoms with Crippen molar-refractivity contribution in [2.24, 2.45) is 0 Å². The maximum Gasteiger partial charge on any atom is 0.264 e. The van der Waals surface area contributed by atoms with Gasteiger partial charge in [0, 0.05) is 24.0 Å². The molecule has 150 valence electrons. The summed E-state index contributed by atoms with van der Waals surface area (Å²) in [6.45, 7) is 1.64. The fourth-order valence-electron chi connectivity index (χ4n) is 2.76. The number of sulfonamides is 1. The molecule has 0 saturated carbocycles. The Labute approximate surface area is 175 Å². The van der Waals surface area contributed by atoms with E-state index in [0.29, 0.717) is 16.3 Å². The molecule has 1 aromatic heterocycles. The zero-order valence-electron chi connectivity index (χ0n) is 15.7. The van der Waals surface area contributed by atoms with Gasteiger partial charge in [-0.05, 0) is 48.4 Å². The lowest BCUT2D eigenvalue weighted by Crippen LogP contribution is -2.41. The molecule has 0 saturated heterocycles. The predicted octanol–water partition coefficient (Wildman–Crippen LogP) is 3.56. The Morgan fingerprint density at radius 1 is 1.10 bits per heavy atom. The second-order valence-electron chi connectivity index (χ2n) is 6.39. The van der Waals surface area contributed by atoms with Crippen LogP contribution in [0.5, 0.6) is 0 Å². The maximum absolute atomic E-state index is 13.3. The third kappa shape index (κ3) is 5.13. The first-order chi connectivity index (χ1) is 13.9. The Bertz CT molecular complexity index is 1090. The number of hydrogen-bond acceptors (Lipinski definition) is 4. The second-order valence-corrected chi connectivity index (χ2v) is 8.69. The summed E-state index contributed by atoms with van der Waals surface area (Å²) in [7, 11) is -3.97. The van der Waals surface area contributed by atoms with Gasteiger partial charge >= 0.3 is 0 Å². The number of nitrogens with one attached hydrogen (secondary N) is 1. The maximum atomic E-state index is 13.3. The summed E-state index contributed by atoms with van der Waals surface area (Å²) < 4.78 is 27.7. The van der Waals surface area contributed by atoms with E-state index in [1.54, 1.807) is 61.8 Å². The minimum absolute atomic E-state index is 0.0967. The SMILES string of the molecule is Cc1ccc(Cl)cc1N(CC(=O)NCc1cccnc1)S(=O)(=O)c1ccccc1. The van der Waals surface area contributed by atoms with E-state index < -0.39 is 15.9 Å². The van der Waals surface area contributed by atoms with Gasteiger partial charge in [-0.3, -0.25) is 14.1 Å². The van der Waals surface area contributed by atoms with Crippen molar-refractivity contribution in [1.82, 2.24) is 10.3 Å². The van der Waals surface area contributed by atoms with Gasteiger partial charge < -0.3 is 5.32 Å². The quantitative estimate of drug-likeness (QED) is 0.622. The minimum atomic E-state index is -3.97. The first-order valence-corrected chi connectivity index (χ1v) is 10.7. The Balaban J connectivity index is 1.91. The number of benzene rings is 2. The monoisotopic (exact) mass is 429 g/mol. The third-order valence-corrected chi connectivity index (χ3v) is 6.28. The Morgan fingerprint density at radius 2 is 1.86 bits per heavy atom. The highest BCUT2D eigenvalue weighted by Gasteiger charge is 2.28. The minimum Gasteiger partial charge on any atom is -0.350 e. The van der Waals surface area contributed by atoms with E-state index in [4.69, 9.17) is 11.6 Å². The lowest BCUT2D eigenvalue weighted by atomic mass is 10.2. The van der Waals surface area contributed by atoms with Crippen molar-refractivity contribution in [2.45, 2.75) is 18.4 Å². The average molecular weight is 430 g/mol. The summed E-state index contributed by atoms with van der Waals surface area (Å²) in [5.41, 5.74) is 1.86. The van der Waals surface area contributed by atoms with Gasteiger partial charge in [0.05, 0.1) is 10.6 Å². The van der Waals surface area contributed by atoms with Crippen LogP contribution in [0.3, 0.4) is 0 Å². The van der Waals surface area contributed by atoms with Crippen LogP contribution >= 0.6 is 11.6 Å². The van der Waals surface area contributed by atoms with E-state index in [0.717, 1.165) is 9.87 Å². The summed E-state index contributed by atoms with van der Waals surface area (Å²) in [4.78, 5) is 16.7. The van der Waals surface area contributed by atoms with E-state index in [9.17, 15) is 13.2 Å². The summed E-state index contributed by atoms with van der Waals surface area (Å²) >= 11 is 6.11. The van der Waals surface area contributed by atoms with Crippen LogP contribution in [-0.4, -0.2) is 25.9 Å². The number of hydrogen-bond donors (Lipinski definition) is 1. The number of amides is 1. The summed E-state index contributed by atoms with van der Waals surface area (Å²) in [6, 6.07) is 16.5. The molecular formula is C21H20ClN3O3S. The molecule has 8 heteroatoms. The molecule has 0 unspecified atom stereocenters. The molecule has 0 aliphatic carbocycles. The lowest BCUT2D eigenvalue weighted by Gasteiger charge is -2.25. The number of nitrogens with zero attached hydrogens (tertiary/aromatic N) is 2. The molecule has 3 rings (SSSR count). The van der Waals surface area contributed by atoms with Crippen LogP contribution in [0.4, 0.5) is 5.69 Å². The van der Waals surface area contributed by atoms with Crippen molar-refractivity contribution < 1.29 is 13.2 Å². The molecule has 3 aromatic rings. The van der Waals surface area contributed by atoms with Crippen molar-refractivity contribution in [3.05, 3.63) is 89.2 Å². The largest absolute Gasteiger partial charge is 0.350 e. The smallest absolute Gasteiger partial charge is 0.264 e. The van der Waals surface area contributed by atoms with E-state index in [-0.39, 0.29) is 18.0 Å². The number of aromatic nitrogens is 1. The molecule has 1 N–H and O–H groups in total. The number of pyridine rings is 1. The topological polar surface area (TPSA) is 79.4 Å². The highest BCUT2D eigenvalue weighted by molar-refractivity contribution is 7.92. The molecule has 0 atom stereocenters. The van der Waals surface area contributed by atoms with Gasteiger partial charge in [0.2, 0.25) is 5.91 Å². The van der Waals surface area contributed by atoms with E-state index in [1.807, 2.05) is 6.07 Å². The van der Waals surface area contributed by atoms with Crippen LogP contribution in [0.2, 0.25) is 5.02 Å². The standard InChI is InChI=1S/C21H20ClN3O3S/c1-16-9-10-18(22)12-20(16)25(29(27,28)19-7-3-2-4-8-19)15-21(26)24-14-17-6-5-11-23-13-17/h2-13H,14-15H2,1H3,(H,24,26). The molecule has 0 spiro atoms. The van der Waals surface area contributed by atoms with Crippen molar-refractivity contribution in [3.63, 3.8) is 0 Å². The molecule has 2 aromatic carbocycles. The number of carbonyl (C=O) groups excluding carboxylic acids is 1. The number of anilines is 1. The van der Waals surface area contributed by atoms with E-state index >= 15 is 0 Å². The molecule has 29 heavy (non-hydrogen) atoms. The van der Waals surface area contributed by atoms with Crippen LogP contribution in [-0.2, 0) is 21.4 Å². The Kier molecular flexibility index (Phi) is 6.51. The highest BCUT2D eigenvalue weighted by atomic mass is 35.5. The van der Waals surface area contributed by atoms with E-state index in [2.05, 4.69) is 10.3 Å². The first-order valence-electron chi connectivity index (χ1n) is 8.87. The van der Waals surface area contributed by atoms with Gasteiger partial charge in [0.15, 0.2) is 0 Å². The Hall–Kier alpha value is -2.90. The molecule has 0 radical (unpaired) electrons. The zero-order valence-corrected chi connectivity index (χ0v) is 17.3. The molecule has 0 aliphatic rings. The normalized spacial score (nSPS) is 11.1. The molecule has 6 nitrogen and oxygen atoms in total. The third-order valence-electron chi connectivity index (χ3n) is 4.27. The van der Waals surface area contributed by atoms with Crippen LogP contribution in [0.25, 0.3) is 0 Å². The molecule has 0 bridgehead atoms. The van der Waals surface area contributed by atoms with Gasteiger partial charge in [-0.1, -0.05) is 41.9 Å². The van der Waals surface area contributed by atoms with Gasteiger partial charge in [-0.2, -0.15) is 0 Å². The number of rotatable bonds is 7.